The van der Waals surface area contributed by atoms with Crippen LogP contribution in [0.4, 0.5) is 0 Å². The number of carboxylic acids is 1. The molecular formula is C16H20O4. The van der Waals surface area contributed by atoms with Crippen LogP contribution in [0.15, 0.2) is 42.5 Å². The Hall–Kier alpha value is -2.10. The summed E-state index contributed by atoms with van der Waals surface area (Å²) < 4.78 is 5.10. The van der Waals surface area contributed by atoms with E-state index in [4.69, 9.17) is 9.84 Å². The molecular weight excluding hydrogens is 256 g/mol. The molecule has 0 aromatic heterocycles. The zero-order valence-corrected chi connectivity index (χ0v) is 11.8. The number of aliphatic carboxylic acids is 1. The van der Waals surface area contributed by atoms with Gasteiger partial charge in [0.05, 0.1) is 5.92 Å². The molecule has 1 aromatic rings. The van der Waals surface area contributed by atoms with Crippen molar-refractivity contribution in [3.63, 3.8) is 0 Å². The maximum Gasteiger partial charge on any atom is 0.334 e. The second-order valence-electron chi connectivity index (χ2n) is 5.11. The summed E-state index contributed by atoms with van der Waals surface area (Å²) in [5.74, 6) is -2.42. The Labute approximate surface area is 119 Å². The van der Waals surface area contributed by atoms with Crippen molar-refractivity contribution in [3.8, 4) is 0 Å². The van der Waals surface area contributed by atoms with Crippen LogP contribution in [-0.2, 0) is 20.9 Å². The molecule has 0 spiro atoms. The molecule has 1 N–H and O–H groups in total. The molecule has 0 fully saturated rings. The number of hydrogen-bond acceptors (Lipinski definition) is 3. The van der Waals surface area contributed by atoms with E-state index >= 15 is 0 Å². The van der Waals surface area contributed by atoms with Crippen molar-refractivity contribution in [3.05, 3.63) is 48.0 Å². The largest absolute Gasteiger partial charge is 0.481 e. The third kappa shape index (κ3) is 4.88. The number of carbonyl (C=O) groups is 2. The van der Waals surface area contributed by atoms with Gasteiger partial charge in [0.1, 0.15) is 6.61 Å². The van der Waals surface area contributed by atoms with Gasteiger partial charge in [-0.25, -0.2) is 4.79 Å². The maximum atomic E-state index is 11.9. The molecule has 1 rings (SSSR count). The van der Waals surface area contributed by atoms with E-state index in [1.807, 2.05) is 44.2 Å². The lowest BCUT2D eigenvalue weighted by atomic mass is 9.91. The molecule has 20 heavy (non-hydrogen) atoms. The van der Waals surface area contributed by atoms with Gasteiger partial charge in [-0.1, -0.05) is 50.8 Å². The number of benzene rings is 1. The second kappa shape index (κ2) is 7.48. The highest BCUT2D eigenvalue weighted by atomic mass is 16.5. The fraction of sp³-hybridized carbons (Fsp3) is 0.375. The summed E-state index contributed by atoms with van der Waals surface area (Å²) in [6.45, 7) is 7.51. The van der Waals surface area contributed by atoms with Gasteiger partial charge in [-0.2, -0.15) is 0 Å². The lowest BCUT2D eigenvalue weighted by molar-refractivity contribution is -0.147. The predicted molar refractivity (Wildman–Crippen MR) is 76.0 cm³/mol. The Morgan fingerprint density at radius 3 is 2.35 bits per heavy atom. The highest BCUT2D eigenvalue weighted by molar-refractivity contribution is 5.94. The summed E-state index contributed by atoms with van der Waals surface area (Å²) in [5.41, 5.74) is 0.853. The van der Waals surface area contributed by atoms with Gasteiger partial charge in [-0.3, -0.25) is 4.79 Å². The van der Waals surface area contributed by atoms with Crippen LogP contribution < -0.4 is 0 Å². The number of rotatable bonds is 7. The first-order valence-electron chi connectivity index (χ1n) is 6.54. The van der Waals surface area contributed by atoms with E-state index < -0.39 is 17.9 Å². The molecule has 108 valence electrons. The minimum atomic E-state index is -1.04. The third-order valence-corrected chi connectivity index (χ3v) is 2.90. The normalized spacial score (nSPS) is 11.9. The number of carbonyl (C=O) groups excluding carboxylic acids is 1. The summed E-state index contributed by atoms with van der Waals surface area (Å²) in [6.07, 6.45) is 0.370. The number of esters is 1. The van der Waals surface area contributed by atoms with Gasteiger partial charge in [-0.05, 0) is 17.9 Å². The van der Waals surface area contributed by atoms with E-state index in [2.05, 4.69) is 6.58 Å². The van der Waals surface area contributed by atoms with Crippen LogP contribution in [0.25, 0.3) is 0 Å². The van der Waals surface area contributed by atoms with Crippen LogP contribution in [-0.4, -0.2) is 17.0 Å². The lowest BCUT2D eigenvalue weighted by Gasteiger charge is -2.16. The van der Waals surface area contributed by atoms with Gasteiger partial charge in [0.15, 0.2) is 0 Å². The molecule has 0 heterocycles. The summed E-state index contributed by atoms with van der Waals surface area (Å²) >= 11 is 0. The molecule has 0 aliphatic rings. The molecule has 4 nitrogen and oxygen atoms in total. The zero-order chi connectivity index (χ0) is 15.1. The average molecular weight is 276 g/mol. The molecule has 0 saturated heterocycles. The zero-order valence-electron chi connectivity index (χ0n) is 11.8. The Balaban J connectivity index is 2.61. The van der Waals surface area contributed by atoms with Crippen LogP contribution in [0.5, 0.6) is 0 Å². The smallest absolute Gasteiger partial charge is 0.334 e. The fourth-order valence-corrected chi connectivity index (χ4v) is 1.82. The van der Waals surface area contributed by atoms with E-state index in [1.165, 1.54) is 0 Å². The van der Waals surface area contributed by atoms with Crippen molar-refractivity contribution < 1.29 is 19.4 Å². The first-order chi connectivity index (χ1) is 9.41. The Kier molecular flexibility index (Phi) is 5.97. The summed E-state index contributed by atoms with van der Waals surface area (Å²) in [5, 5.41) is 9.16. The minimum absolute atomic E-state index is 0.00197. The van der Waals surface area contributed by atoms with Crippen molar-refractivity contribution >= 4 is 11.9 Å². The SMILES string of the molecule is C=C(C(=O)OCc1ccccc1)[C@@H](CC(C)C)C(=O)O. The number of hydrogen-bond donors (Lipinski definition) is 1. The van der Waals surface area contributed by atoms with Gasteiger partial charge in [-0.15, -0.1) is 0 Å². The highest BCUT2D eigenvalue weighted by Gasteiger charge is 2.27. The van der Waals surface area contributed by atoms with Crippen LogP contribution in [0.2, 0.25) is 0 Å². The van der Waals surface area contributed by atoms with Crippen molar-refractivity contribution in [2.24, 2.45) is 11.8 Å². The van der Waals surface area contributed by atoms with Crippen molar-refractivity contribution in [2.75, 3.05) is 0 Å². The van der Waals surface area contributed by atoms with E-state index in [9.17, 15) is 9.59 Å². The van der Waals surface area contributed by atoms with Crippen molar-refractivity contribution in [1.82, 2.24) is 0 Å². The molecule has 0 unspecified atom stereocenters. The molecule has 1 atom stereocenters. The molecule has 0 radical (unpaired) electrons. The van der Waals surface area contributed by atoms with Crippen LogP contribution in [0, 0.1) is 11.8 Å². The van der Waals surface area contributed by atoms with E-state index in [1.54, 1.807) is 0 Å². The average Bonchev–Trinajstić information content (AvgIpc) is 2.42. The Morgan fingerprint density at radius 1 is 1.25 bits per heavy atom. The van der Waals surface area contributed by atoms with Crippen molar-refractivity contribution in [2.45, 2.75) is 26.9 Å². The summed E-state index contributed by atoms with van der Waals surface area (Å²) in [4.78, 5) is 23.0. The van der Waals surface area contributed by atoms with Crippen molar-refractivity contribution in [1.29, 1.82) is 0 Å². The maximum absolute atomic E-state index is 11.9. The predicted octanol–water partition coefficient (Wildman–Crippen LogP) is 3.03. The first-order valence-corrected chi connectivity index (χ1v) is 6.54. The molecule has 0 amide bonds. The topological polar surface area (TPSA) is 63.6 Å². The van der Waals surface area contributed by atoms with Gasteiger partial charge >= 0.3 is 11.9 Å². The van der Waals surface area contributed by atoms with Crippen LogP contribution >= 0.6 is 0 Å². The van der Waals surface area contributed by atoms with E-state index in [0.29, 0.717) is 6.42 Å². The fourth-order valence-electron chi connectivity index (χ4n) is 1.82. The standard InChI is InChI=1S/C16H20O4/c1-11(2)9-14(15(17)18)12(3)16(19)20-10-13-7-5-4-6-8-13/h4-8,11,14H,3,9-10H2,1-2H3,(H,17,18)/t14-/m1/s1. The van der Waals surface area contributed by atoms with Gasteiger partial charge < -0.3 is 9.84 Å². The summed E-state index contributed by atoms with van der Waals surface area (Å²) in [7, 11) is 0. The van der Waals surface area contributed by atoms with Gasteiger partial charge in [0.25, 0.3) is 0 Å². The minimum Gasteiger partial charge on any atom is -0.481 e. The quantitative estimate of drug-likeness (QED) is 0.614. The Morgan fingerprint density at radius 2 is 1.85 bits per heavy atom. The van der Waals surface area contributed by atoms with E-state index in [0.717, 1.165) is 5.56 Å². The third-order valence-electron chi connectivity index (χ3n) is 2.90. The number of ether oxygens (including phenoxy) is 1. The number of carboxylic acid groups (broad SMARTS) is 1. The molecule has 1 aromatic carbocycles. The van der Waals surface area contributed by atoms with Gasteiger partial charge in [0, 0.05) is 5.57 Å². The van der Waals surface area contributed by atoms with E-state index in [-0.39, 0.29) is 18.1 Å². The first kappa shape index (κ1) is 16.0. The van der Waals surface area contributed by atoms with Crippen LogP contribution in [0.3, 0.4) is 0 Å². The molecule has 0 bridgehead atoms. The molecule has 0 saturated carbocycles. The molecule has 0 aliphatic carbocycles. The van der Waals surface area contributed by atoms with Crippen LogP contribution in [0.1, 0.15) is 25.8 Å². The lowest BCUT2D eigenvalue weighted by Crippen LogP contribution is -2.23. The monoisotopic (exact) mass is 276 g/mol. The van der Waals surface area contributed by atoms with Gasteiger partial charge in [0.2, 0.25) is 0 Å². The molecule has 4 heteroatoms. The second-order valence-corrected chi connectivity index (χ2v) is 5.11. The highest BCUT2D eigenvalue weighted by Crippen LogP contribution is 2.21. The Bertz CT molecular complexity index is 477. The molecule has 0 aliphatic heterocycles. The summed E-state index contributed by atoms with van der Waals surface area (Å²) in [6, 6.07) is 9.22.